The van der Waals surface area contributed by atoms with E-state index in [1.807, 2.05) is 6.07 Å². The van der Waals surface area contributed by atoms with Gasteiger partial charge in [-0.05, 0) is 35.1 Å². The Hall–Kier alpha value is -1.80. The first-order valence-electron chi connectivity index (χ1n) is 8.98. The van der Waals surface area contributed by atoms with Crippen LogP contribution in [0.15, 0.2) is 54.6 Å². The van der Waals surface area contributed by atoms with E-state index in [1.54, 1.807) is 0 Å². The van der Waals surface area contributed by atoms with Crippen LogP contribution in [0.25, 0.3) is 0 Å². The van der Waals surface area contributed by atoms with Gasteiger partial charge in [0.1, 0.15) is 5.75 Å². The summed E-state index contributed by atoms with van der Waals surface area (Å²) in [7, 11) is 0. The normalized spacial score (nSPS) is 12.8. The van der Waals surface area contributed by atoms with Gasteiger partial charge in [0.05, 0.1) is 6.61 Å². The fourth-order valence-electron chi connectivity index (χ4n) is 2.66. The third kappa shape index (κ3) is 6.37. The minimum absolute atomic E-state index is 0.300. The lowest BCUT2D eigenvalue weighted by molar-refractivity contribution is 0.321. The van der Waals surface area contributed by atoms with Crippen LogP contribution in [0.5, 0.6) is 5.75 Å². The average Bonchev–Trinajstić information content (AvgIpc) is 2.57. The van der Waals surface area contributed by atoms with Crippen LogP contribution in [0.1, 0.15) is 51.3 Å². The Morgan fingerprint density at radius 1 is 0.958 bits per heavy atom. The minimum Gasteiger partial charge on any atom is -0.493 e. The number of benzene rings is 2. The molecule has 2 nitrogen and oxygen atoms in total. The molecule has 24 heavy (non-hydrogen) atoms. The van der Waals surface area contributed by atoms with Gasteiger partial charge in [0.25, 0.3) is 0 Å². The molecule has 0 heterocycles. The van der Waals surface area contributed by atoms with E-state index in [0.717, 1.165) is 25.1 Å². The van der Waals surface area contributed by atoms with Gasteiger partial charge in [-0.1, -0.05) is 70.2 Å². The first-order chi connectivity index (χ1) is 11.5. The van der Waals surface area contributed by atoms with Crippen LogP contribution < -0.4 is 10.1 Å². The summed E-state index contributed by atoms with van der Waals surface area (Å²) in [5.41, 5.74) is 2.94. The molecular formula is C22H31NO. The SMILES string of the molecule is CCC(NCC(C)(C)C)c1ccc(OCCc2ccccc2)cc1. The van der Waals surface area contributed by atoms with E-state index in [-0.39, 0.29) is 0 Å². The highest BCUT2D eigenvalue weighted by Crippen LogP contribution is 2.22. The number of hydrogen-bond acceptors (Lipinski definition) is 2. The largest absolute Gasteiger partial charge is 0.493 e. The Labute approximate surface area is 147 Å². The maximum absolute atomic E-state index is 5.87. The lowest BCUT2D eigenvalue weighted by Crippen LogP contribution is -2.30. The monoisotopic (exact) mass is 325 g/mol. The van der Waals surface area contributed by atoms with Crippen molar-refractivity contribution in [1.29, 1.82) is 0 Å². The van der Waals surface area contributed by atoms with Gasteiger partial charge in [-0.25, -0.2) is 0 Å². The molecule has 1 unspecified atom stereocenters. The van der Waals surface area contributed by atoms with Gasteiger partial charge in [0, 0.05) is 19.0 Å². The highest BCUT2D eigenvalue weighted by atomic mass is 16.5. The molecule has 2 aromatic carbocycles. The predicted octanol–water partition coefficient (Wildman–Crippen LogP) is 5.39. The third-order valence-electron chi connectivity index (χ3n) is 4.07. The van der Waals surface area contributed by atoms with Gasteiger partial charge in [0.2, 0.25) is 0 Å². The molecule has 2 heteroatoms. The molecule has 0 amide bonds. The molecule has 1 atom stereocenters. The Morgan fingerprint density at radius 3 is 2.21 bits per heavy atom. The molecule has 0 fully saturated rings. The quantitative estimate of drug-likeness (QED) is 0.702. The topological polar surface area (TPSA) is 21.3 Å². The van der Waals surface area contributed by atoms with Crippen molar-refractivity contribution in [2.75, 3.05) is 13.2 Å². The van der Waals surface area contributed by atoms with Crippen molar-refractivity contribution < 1.29 is 4.74 Å². The van der Waals surface area contributed by atoms with Gasteiger partial charge in [-0.3, -0.25) is 0 Å². The number of rotatable bonds is 8. The smallest absolute Gasteiger partial charge is 0.119 e. The Kier molecular flexibility index (Phi) is 6.86. The summed E-state index contributed by atoms with van der Waals surface area (Å²) in [5.74, 6) is 0.945. The van der Waals surface area contributed by atoms with Crippen LogP contribution in [-0.4, -0.2) is 13.2 Å². The summed E-state index contributed by atoms with van der Waals surface area (Å²) in [6.45, 7) is 10.7. The second-order valence-electron chi connectivity index (χ2n) is 7.56. The van der Waals surface area contributed by atoms with Gasteiger partial charge in [-0.2, -0.15) is 0 Å². The summed E-state index contributed by atoms with van der Waals surface area (Å²) in [4.78, 5) is 0. The van der Waals surface area contributed by atoms with E-state index in [4.69, 9.17) is 4.74 Å². The van der Waals surface area contributed by atoms with E-state index in [1.165, 1.54) is 11.1 Å². The Balaban J connectivity index is 1.85. The maximum atomic E-state index is 5.87. The van der Waals surface area contributed by atoms with Crippen molar-refractivity contribution in [3.05, 3.63) is 65.7 Å². The van der Waals surface area contributed by atoms with Crippen LogP contribution in [0.2, 0.25) is 0 Å². The molecule has 0 bridgehead atoms. The van der Waals surface area contributed by atoms with Crippen molar-refractivity contribution in [1.82, 2.24) is 5.32 Å². The van der Waals surface area contributed by atoms with E-state index in [0.29, 0.717) is 18.1 Å². The third-order valence-corrected chi connectivity index (χ3v) is 4.07. The first-order valence-corrected chi connectivity index (χ1v) is 8.98. The van der Waals surface area contributed by atoms with Gasteiger partial charge < -0.3 is 10.1 Å². The number of hydrogen-bond donors (Lipinski definition) is 1. The van der Waals surface area contributed by atoms with E-state index >= 15 is 0 Å². The zero-order chi connectivity index (χ0) is 17.4. The van der Waals surface area contributed by atoms with Crippen molar-refractivity contribution in [3.63, 3.8) is 0 Å². The molecular weight excluding hydrogens is 294 g/mol. The molecule has 2 aromatic rings. The van der Waals surface area contributed by atoms with Crippen molar-refractivity contribution in [2.45, 2.75) is 46.6 Å². The molecule has 0 saturated carbocycles. The molecule has 2 rings (SSSR count). The number of ether oxygens (including phenoxy) is 1. The molecule has 0 aliphatic rings. The lowest BCUT2D eigenvalue weighted by atomic mass is 9.95. The second kappa shape index (κ2) is 8.89. The molecule has 0 radical (unpaired) electrons. The molecule has 0 spiro atoms. The highest BCUT2D eigenvalue weighted by Gasteiger charge is 2.14. The standard InChI is InChI=1S/C22H31NO/c1-5-21(23-17-22(2,3)4)19-11-13-20(14-12-19)24-16-15-18-9-7-6-8-10-18/h6-14,21,23H,5,15-17H2,1-4H3. The Morgan fingerprint density at radius 2 is 1.62 bits per heavy atom. The second-order valence-corrected chi connectivity index (χ2v) is 7.56. The van der Waals surface area contributed by atoms with E-state index in [9.17, 15) is 0 Å². The van der Waals surface area contributed by atoms with Crippen molar-refractivity contribution in [2.24, 2.45) is 5.41 Å². The number of nitrogens with one attached hydrogen (secondary N) is 1. The molecule has 1 N–H and O–H groups in total. The first kappa shape index (κ1) is 18.5. The lowest BCUT2D eigenvalue weighted by Gasteiger charge is -2.24. The van der Waals surface area contributed by atoms with Gasteiger partial charge in [-0.15, -0.1) is 0 Å². The summed E-state index contributed by atoms with van der Waals surface area (Å²) in [6.07, 6.45) is 2.03. The average molecular weight is 325 g/mol. The van der Waals surface area contributed by atoms with Crippen molar-refractivity contribution in [3.8, 4) is 5.75 Å². The van der Waals surface area contributed by atoms with Crippen molar-refractivity contribution >= 4 is 0 Å². The van der Waals surface area contributed by atoms with Gasteiger partial charge in [0.15, 0.2) is 0 Å². The van der Waals surface area contributed by atoms with E-state index in [2.05, 4.69) is 81.5 Å². The minimum atomic E-state index is 0.300. The van der Waals surface area contributed by atoms with Gasteiger partial charge >= 0.3 is 0 Å². The van der Waals surface area contributed by atoms with Crippen LogP contribution in [0.4, 0.5) is 0 Å². The summed E-state index contributed by atoms with van der Waals surface area (Å²) >= 11 is 0. The van der Waals surface area contributed by atoms with Crippen LogP contribution in [0.3, 0.4) is 0 Å². The predicted molar refractivity (Wildman–Crippen MR) is 103 cm³/mol. The summed E-state index contributed by atoms with van der Waals surface area (Å²) < 4.78 is 5.87. The summed E-state index contributed by atoms with van der Waals surface area (Å²) in [5, 5.41) is 3.67. The molecule has 130 valence electrons. The Bertz CT molecular complexity index is 584. The molecule has 0 aromatic heterocycles. The molecule has 0 aliphatic heterocycles. The summed E-state index contributed by atoms with van der Waals surface area (Å²) in [6, 6.07) is 19.4. The molecule has 0 aliphatic carbocycles. The molecule has 0 saturated heterocycles. The van der Waals surface area contributed by atoms with Crippen LogP contribution >= 0.6 is 0 Å². The fourth-order valence-corrected chi connectivity index (χ4v) is 2.66. The van der Waals surface area contributed by atoms with Crippen LogP contribution in [-0.2, 0) is 6.42 Å². The van der Waals surface area contributed by atoms with E-state index < -0.39 is 0 Å². The highest BCUT2D eigenvalue weighted by molar-refractivity contribution is 5.29. The fraction of sp³-hybridized carbons (Fsp3) is 0.455. The van der Waals surface area contributed by atoms with Crippen LogP contribution in [0, 0.1) is 5.41 Å². The maximum Gasteiger partial charge on any atom is 0.119 e. The zero-order valence-electron chi connectivity index (χ0n) is 15.5. The zero-order valence-corrected chi connectivity index (χ0v) is 15.5.